The van der Waals surface area contributed by atoms with Gasteiger partial charge in [-0.05, 0) is 35.9 Å². The Morgan fingerprint density at radius 1 is 1.21 bits per heavy atom. The normalized spacial score (nSPS) is 14.9. The number of hydrogen-bond acceptors (Lipinski definition) is 5. The summed E-state index contributed by atoms with van der Waals surface area (Å²) in [6, 6.07) is 13.1. The maximum Gasteiger partial charge on any atom is 0.317 e. The van der Waals surface area contributed by atoms with E-state index in [1.165, 1.54) is 0 Å². The number of carbonyl (C=O) groups is 1. The van der Waals surface area contributed by atoms with Crippen LogP contribution in [0.5, 0.6) is 5.75 Å². The maximum atomic E-state index is 12.5. The van der Waals surface area contributed by atoms with E-state index in [2.05, 4.69) is 15.2 Å². The molecule has 0 saturated carbocycles. The number of ether oxygens (including phenoxy) is 1. The topological polar surface area (TPSA) is 70.8 Å². The molecule has 1 fully saturated rings. The molecule has 29 heavy (non-hydrogen) atoms. The Hall–Kier alpha value is -2.77. The molecule has 4 rings (SSSR count). The molecular formula is C21H23ClN4O3. The van der Waals surface area contributed by atoms with Gasteiger partial charge in [-0.3, -0.25) is 4.90 Å². The van der Waals surface area contributed by atoms with Crippen LogP contribution in [-0.2, 0) is 13.1 Å². The molecule has 1 aliphatic rings. The number of nitrogens with one attached hydrogen (secondary N) is 1. The van der Waals surface area contributed by atoms with Crippen LogP contribution in [0.1, 0.15) is 11.5 Å². The fourth-order valence-electron chi connectivity index (χ4n) is 3.39. The van der Waals surface area contributed by atoms with Crippen LogP contribution < -0.4 is 10.1 Å². The third kappa shape index (κ3) is 4.81. The van der Waals surface area contributed by atoms with E-state index in [1.54, 1.807) is 19.2 Å². The molecule has 0 aliphatic carbocycles. The highest BCUT2D eigenvalue weighted by Gasteiger charge is 2.22. The minimum atomic E-state index is -0.0519. The second kappa shape index (κ2) is 8.71. The lowest BCUT2D eigenvalue weighted by Crippen LogP contribution is -2.51. The van der Waals surface area contributed by atoms with E-state index >= 15 is 0 Å². The van der Waals surface area contributed by atoms with Crippen LogP contribution in [-0.4, -0.2) is 54.1 Å². The lowest BCUT2D eigenvalue weighted by molar-refractivity contribution is 0.129. The minimum Gasteiger partial charge on any atom is -0.497 e. The van der Waals surface area contributed by atoms with Gasteiger partial charge in [-0.2, -0.15) is 0 Å². The highest BCUT2D eigenvalue weighted by atomic mass is 35.5. The van der Waals surface area contributed by atoms with Gasteiger partial charge in [0.15, 0.2) is 5.58 Å². The van der Waals surface area contributed by atoms with Crippen LogP contribution in [0.15, 0.2) is 46.9 Å². The number of methoxy groups -OCH3 is 1. The predicted molar refractivity (Wildman–Crippen MR) is 111 cm³/mol. The van der Waals surface area contributed by atoms with E-state index in [1.807, 2.05) is 35.2 Å². The smallest absolute Gasteiger partial charge is 0.317 e. The van der Waals surface area contributed by atoms with Crippen molar-refractivity contribution in [1.82, 2.24) is 20.1 Å². The molecule has 1 N–H and O–H groups in total. The molecule has 2 aromatic carbocycles. The van der Waals surface area contributed by atoms with E-state index in [9.17, 15) is 4.79 Å². The van der Waals surface area contributed by atoms with Gasteiger partial charge in [-0.1, -0.05) is 23.7 Å². The third-order valence-electron chi connectivity index (χ3n) is 4.99. The van der Waals surface area contributed by atoms with Crippen LogP contribution >= 0.6 is 11.6 Å². The average Bonchev–Trinajstić information content (AvgIpc) is 3.14. The Labute approximate surface area is 174 Å². The first-order chi connectivity index (χ1) is 14.1. The number of nitrogens with zero attached hydrogens (tertiary/aromatic N) is 3. The molecule has 0 spiro atoms. The molecule has 1 saturated heterocycles. The molecule has 0 bridgehead atoms. The lowest BCUT2D eigenvalue weighted by atomic mass is 10.2. The Bertz CT molecular complexity index is 999. The Morgan fingerprint density at radius 3 is 2.83 bits per heavy atom. The Kier molecular flexibility index (Phi) is 5.87. The number of oxazole rings is 1. The zero-order valence-corrected chi connectivity index (χ0v) is 17.0. The lowest BCUT2D eigenvalue weighted by Gasteiger charge is -2.34. The molecule has 8 heteroatoms. The quantitative estimate of drug-likeness (QED) is 0.691. The fourth-order valence-corrected chi connectivity index (χ4v) is 3.55. The van der Waals surface area contributed by atoms with Gasteiger partial charge in [0.25, 0.3) is 0 Å². The largest absolute Gasteiger partial charge is 0.497 e. The zero-order valence-electron chi connectivity index (χ0n) is 16.2. The molecule has 0 radical (unpaired) electrons. The van der Waals surface area contributed by atoms with E-state index in [-0.39, 0.29) is 6.03 Å². The molecule has 0 unspecified atom stereocenters. The van der Waals surface area contributed by atoms with Crippen molar-refractivity contribution in [1.29, 1.82) is 0 Å². The van der Waals surface area contributed by atoms with Crippen LogP contribution in [0.4, 0.5) is 4.79 Å². The number of aromatic nitrogens is 1. The summed E-state index contributed by atoms with van der Waals surface area (Å²) in [4.78, 5) is 21.0. The average molecular weight is 415 g/mol. The van der Waals surface area contributed by atoms with Gasteiger partial charge in [0.2, 0.25) is 5.89 Å². The van der Waals surface area contributed by atoms with E-state index in [0.29, 0.717) is 37.1 Å². The monoisotopic (exact) mass is 414 g/mol. The summed E-state index contributed by atoms with van der Waals surface area (Å²) >= 11 is 6.00. The third-order valence-corrected chi connectivity index (χ3v) is 5.23. The van der Waals surface area contributed by atoms with Crippen molar-refractivity contribution in [2.75, 3.05) is 33.3 Å². The first-order valence-corrected chi connectivity index (χ1v) is 9.91. The van der Waals surface area contributed by atoms with E-state index in [4.69, 9.17) is 20.8 Å². The van der Waals surface area contributed by atoms with Crippen molar-refractivity contribution in [3.63, 3.8) is 0 Å². The van der Waals surface area contributed by atoms with E-state index < -0.39 is 0 Å². The first kappa shape index (κ1) is 19.5. The number of hydrogen-bond donors (Lipinski definition) is 1. The maximum absolute atomic E-state index is 12.5. The number of urea groups is 1. The summed E-state index contributed by atoms with van der Waals surface area (Å²) in [6.45, 7) is 3.96. The number of benzene rings is 2. The SMILES string of the molecule is COc1cccc(CNC(=O)N2CCN(Cc3nc4cc(Cl)ccc4o3)CC2)c1. The predicted octanol–water partition coefficient (Wildman–Crippen LogP) is 3.52. The van der Waals surface area contributed by atoms with Crippen molar-refractivity contribution >= 4 is 28.7 Å². The Morgan fingerprint density at radius 2 is 2.03 bits per heavy atom. The number of amides is 2. The number of fused-ring (bicyclic) bond motifs is 1. The second-order valence-electron chi connectivity index (χ2n) is 6.99. The summed E-state index contributed by atoms with van der Waals surface area (Å²) < 4.78 is 11.0. The molecule has 2 amide bonds. The standard InChI is InChI=1S/C21H23ClN4O3/c1-28-17-4-2-3-15(11-17)13-23-21(27)26-9-7-25(8-10-26)14-20-24-18-12-16(22)5-6-19(18)29-20/h2-6,11-12H,7-10,13-14H2,1H3,(H,23,27). The fraction of sp³-hybridized carbons (Fsp3) is 0.333. The molecule has 1 aliphatic heterocycles. The molecule has 2 heterocycles. The van der Waals surface area contributed by atoms with Gasteiger partial charge in [-0.25, -0.2) is 9.78 Å². The molecule has 1 aromatic heterocycles. The molecule has 0 atom stereocenters. The number of rotatable bonds is 5. The minimum absolute atomic E-state index is 0.0519. The number of carbonyl (C=O) groups excluding carboxylic acids is 1. The number of halogens is 1. The van der Waals surface area contributed by atoms with Crippen LogP contribution in [0, 0.1) is 0 Å². The highest BCUT2D eigenvalue weighted by molar-refractivity contribution is 6.31. The summed E-state index contributed by atoms with van der Waals surface area (Å²) in [5.74, 6) is 1.45. The van der Waals surface area contributed by atoms with Gasteiger partial charge in [0.1, 0.15) is 11.3 Å². The van der Waals surface area contributed by atoms with Crippen LogP contribution in [0.25, 0.3) is 11.1 Å². The summed E-state index contributed by atoms with van der Waals surface area (Å²) in [7, 11) is 1.63. The molecule has 7 nitrogen and oxygen atoms in total. The first-order valence-electron chi connectivity index (χ1n) is 9.54. The summed E-state index contributed by atoms with van der Waals surface area (Å²) in [6.07, 6.45) is 0. The van der Waals surface area contributed by atoms with Crippen LogP contribution in [0.3, 0.4) is 0 Å². The molecular weight excluding hydrogens is 392 g/mol. The van der Waals surface area contributed by atoms with Crippen molar-refractivity contribution < 1.29 is 13.9 Å². The molecule has 3 aromatic rings. The zero-order chi connectivity index (χ0) is 20.2. The van der Waals surface area contributed by atoms with Gasteiger partial charge in [0.05, 0.1) is 13.7 Å². The highest BCUT2D eigenvalue weighted by Crippen LogP contribution is 2.21. The van der Waals surface area contributed by atoms with Crippen molar-refractivity contribution in [2.45, 2.75) is 13.1 Å². The Balaban J connectivity index is 1.26. The van der Waals surface area contributed by atoms with Crippen LogP contribution in [0.2, 0.25) is 5.02 Å². The molecule has 152 valence electrons. The van der Waals surface area contributed by atoms with Gasteiger partial charge in [0, 0.05) is 37.7 Å². The van der Waals surface area contributed by atoms with Crippen molar-refractivity contribution in [2.24, 2.45) is 0 Å². The van der Waals surface area contributed by atoms with Gasteiger partial charge in [-0.15, -0.1) is 0 Å². The second-order valence-corrected chi connectivity index (χ2v) is 7.43. The van der Waals surface area contributed by atoms with Gasteiger partial charge >= 0.3 is 6.03 Å². The number of piperazine rings is 1. The summed E-state index contributed by atoms with van der Waals surface area (Å²) in [5, 5.41) is 3.62. The summed E-state index contributed by atoms with van der Waals surface area (Å²) in [5.41, 5.74) is 2.51. The van der Waals surface area contributed by atoms with Crippen molar-refractivity contribution in [3.05, 3.63) is 58.9 Å². The van der Waals surface area contributed by atoms with Crippen molar-refractivity contribution in [3.8, 4) is 5.75 Å². The van der Waals surface area contributed by atoms with Gasteiger partial charge < -0.3 is 19.4 Å². The van der Waals surface area contributed by atoms with E-state index in [0.717, 1.165) is 35.5 Å².